The number of hydrogen-bond donors (Lipinski definition) is 1. The molecule has 1 aromatic heterocycles. The van der Waals surface area contributed by atoms with Gasteiger partial charge in [0.25, 0.3) is 6.01 Å². The molecule has 0 spiro atoms. The highest BCUT2D eigenvalue weighted by molar-refractivity contribution is 5.85. The second kappa shape index (κ2) is 4.98. The van der Waals surface area contributed by atoms with Crippen molar-refractivity contribution in [1.29, 1.82) is 0 Å². The van der Waals surface area contributed by atoms with E-state index >= 15 is 0 Å². The van der Waals surface area contributed by atoms with E-state index in [0.717, 1.165) is 28.8 Å². The molecular weight excluding hydrogens is 236 g/mol. The molecule has 2 N–H and O–H groups in total. The summed E-state index contributed by atoms with van der Waals surface area (Å²) in [6.07, 6.45) is 13.1. The molecule has 19 heavy (non-hydrogen) atoms. The molecule has 1 aliphatic rings. The number of nitrogen functional groups attached to an aromatic ring is 1. The quantitative estimate of drug-likeness (QED) is 0.881. The van der Waals surface area contributed by atoms with Crippen molar-refractivity contribution in [2.24, 2.45) is 0 Å². The molecule has 94 valence electrons. The molecule has 1 heterocycles. The van der Waals surface area contributed by atoms with E-state index in [1.165, 1.54) is 0 Å². The van der Waals surface area contributed by atoms with Gasteiger partial charge in [0.1, 0.15) is 12.0 Å². The summed E-state index contributed by atoms with van der Waals surface area (Å²) in [6, 6.07) is 8.30. The average molecular weight is 250 g/mol. The van der Waals surface area contributed by atoms with Gasteiger partial charge in [0, 0.05) is 5.56 Å². The minimum Gasteiger partial charge on any atom is -0.432 e. The number of allylic oxidation sites excluding steroid dienone is 6. The zero-order valence-electron chi connectivity index (χ0n) is 10.4. The Morgan fingerprint density at radius 2 is 1.95 bits per heavy atom. The summed E-state index contributed by atoms with van der Waals surface area (Å²) in [6.45, 7) is 0. The van der Waals surface area contributed by atoms with E-state index in [9.17, 15) is 0 Å². The maximum absolute atomic E-state index is 5.55. The van der Waals surface area contributed by atoms with Crippen LogP contribution in [0.5, 0.6) is 0 Å². The fourth-order valence-corrected chi connectivity index (χ4v) is 2.13. The van der Waals surface area contributed by atoms with Crippen LogP contribution in [-0.4, -0.2) is 4.98 Å². The van der Waals surface area contributed by atoms with E-state index in [4.69, 9.17) is 10.2 Å². The van der Waals surface area contributed by atoms with Crippen LogP contribution in [0, 0.1) is 0 Å². The van der Waals surface area contributed by atoms with Crippen molar-refractivity contribution in [1.82, 2.24) is 4.98 Å². The first-order valence-corrected chi connectivity index (χ1v) is 6.19. The molecule has 0 amide bonds. The van der Waals surface area contributed by atoms with E-state index in [2.05, 4.69) is 41.4 Å². The molecule has 3 heteroatoms. The van der Waals surface area contributed by atoms with Crippen LogP contribution in [0.25, 0.3) is 16.8 Å². The van der Waals surface area contributed by atoms with E-state index in [-0.39, 0.29) is 6.01 Å². The summed E-state index contributed by atoms with van der Waals surface area (Å²) in [4.78, 5) is 4.20. The lowest BCUT2D eigenvalue weighted by molar-refractivity contribution is 0.581. The van der Waals surface area contributed by atoms with Crippen LogP contribution in [0.3, 0.4) is 0 Å². The maximum Gasteiger partial charge on any atom is 0.292 e. The van der Waals surface area contributed by atoms with Gasteiger partial charge in [0.15, 0.2) is 0 Å². The highest BCUT2D eigenvalue weighted by atomic mass is 16.4. The predicted octanol–water partition coefficient (Wildman–Crippen LogP) is 3.82. The average Bonchev–Trinajstić information content (AvgIpc) is 2.71. The third kappa shape index (κ3) is 2.36. The topological polar surface area (TPSA) is 52.0 Å². The fourth-order valence-electron chi connectivity index (χ4n) is 2.13. The molecule has 1 aliphatic carbocycles. The first-order chi connectivity index (χ1) is 9.34. The zero-order valence-corrected chi connectivity index (χ0v) is 10.4. The second-order valence-electron chi connectivity index (χ2n) is 4.30. The Balaban J connectivity index is 2.12. The second-order valence-corrected chi connectivity index (χ2v) is 4.30. The molecular formula is C16H14N2O. The van der Waals surface area contributed by atoms with E-state index < -0.39 is 0 Å². The van der Waals surface area contributed by atoms with Gasteiger partial charge in [-0.3, -0.25) is 0 Å². The van der Waals surface area contributed by atoms with Gasteiger partial charge in [0.2, 0.25) is 0 Å². The standard InChI is InChI=1S/C16H14N2O/c17-16-18-15(11-19-16)14-10-6-5-9-13(14)12-7-3-1-2-4-8-12/h1,3-11H,2H2,(H2,17,18). The molecule has 0 saturated carbocycles. The van der Waals surface area contributed by atoms with Crippen molar-refractivity contribution in [2.45, 2.75) is 6.42 Å². The highest BCUT2D eigenvalue weighted by Gasteiger charge is 2.10. The van der Waals surface area contributed by atoms with Crippen LogP contribution in [-0.2, 0) is 0 Å². The minimum atomic E-state index is 0.190. The fraction of sp³-hybridized carbons (Fsp3) is 0.0625. The number of nitrogens with two attached hydrogens (primary N) is 1. The summed E-state index contributed by atoms with van der Waals surface area (Å²) in [5, 5.41) is 0. The van der Waals surface area contributed by atoms with E-state index in [1.807, 2.05) is 18.2 Å². The molecule has 3 rings (SSSR count). The van der Waals surface area contributed by atoms with Crippen LogP contribution in [0.1, 0.15) is 12.0 Å². The van der Waals surface area contributed by atoms with Crippen molar-refractivity contribution in [3.8, 4) is 11.3 Å². The molecule has 3 nitrogen and oxygen atoms in total. The monoisotopic (exact) mass is 250 g/mol. The number of hydrogen-bond acceptors (Lipinski definition) is 3. The Labute approximate surface area is 111 Å². The number of benzene rings is 1. The van der Waals surface area contributed by atoms with Gasteiger partial charge < -0.3 is 10.2 Å². The number of nitrogens with zero attached hydrogens (tertiary/aromatic N) is 1. The number of oxazole rings is 1. The lowest BCUT2D eigenvalue weighted by Crippen LogP contribution is -1.89. The summed E-state index contributed by atoms with van der Waals surface area (Å²) in [5.74, 6) is 0. The molecule has 0 unspecified atom stereocenters. The smallest absolute Gasteiger partial charge is 0.292 e. The summed E-state index contributed by atoms with van der Waals surface area (Å²) >= 11 is 0. The minimum absolute atomic E-state index is 0.190. The first-order valence-electron chi connectivity index (χ1n) is 6.19. The van der Waals surface area contributed by atoms with Crippen molar-refractivity contribution in [3.63, 3.8) is 0 Å². The van der Waals surface area contributed by atoms with Crippen LogP contribution in [0.15, 0.2) is 65.3 Å². The Kier molecular flexibility index (Phi) is 3.02. The third-order valence-corrected chi connectivity index (χ3v) is 3.02. The lowest BCUT2D eigenvalue weighted by atomic mass is 9.97. The van der Waals surface area contributed by atoms with Crippen molar-refractivity contribution in [2.75, 3.05) is 5.73 Å². The Morgan fingerprint density at radius 1 is 1.11 bits per heavy atom. The van der Waals surface area contributed by atoms with Crippen LogP contribution < -0.4 is 5.73 Å². The Bertz CT molecular complexity index is 678. The van der Waals surface area contributed by atoms with Gasteiger partial charge in [-0.15, -0.1) is 0 Å². The van der Waals surface area contributed by atoms with Gasteiger partial charge in [-0.05, 0) is 17.6 Å². The maximum atomic E-state index is 5.55. The van der Waals surface area contributed by atoms with Crippen molar-refractivity contribution < 1.29 is 4.42 Å². The van der Waals surface area contributed by atoms with Gasteiger partial charge >= 0.3 is 0 Å². The SMILES string of the molecule is Nc1nc(-c2ccccc2C2=CC=CCC=C2)co1. The molecule has 1 aromatic carbocycles. The summed E-state index contributed by atoms with van der Waals surface area (Å²) < 4.78 is 5.10. The molecule has 0 bridgehead atoms. The van der Waals surface area contributed by atoms with Gasteiger partial charge in [-0.1, -0.05) is 54.6 Å². The molecule has 0 atom stereocenters. The van der Waals surface area contributed by atoms with Crippen LogP contribution >= 0.6 is 0 Å². The van der Waals surface area contributed by atoms with Gasteiger partial charge in [-0.25, -0.2) is 0 Å². The van der Waals surface area contributed by atoms with Crippen molar-refractivity contribution >= 4 is 11.6 Å². The normalized spacial score (nSPS) is 14.2. The molecule has 0 fully saturated rings. The van der Waals surface area contributed by atoms with Gasteiger partial charge in [0.05, 0.1) is 0 Å². The summed E-state index contributed by atoms with van der Waals surface area (Å²) in [7, 11) is 0. The molecule has 0 saturated heterocycles. The van der Waals surface area contributed by atoms with E-state index in [1.54, 1.807) is 6.26 Å². The molecule has 2 aromatic rings. The predicted molar refractivity (Wildman–Crippen MR) is 77.2 cm³/mol. The number of aromatic nitrogens is 1. The Hall–Kier alpha value is -2.55. The van der Waals surface area contributed by atoms with Crippen LogP contribution in [0.2, 0.25) is 0 Å². The lowest BCUT2D eigenvalue weighted by Gasteiger charge is -2.07. The molecule has 0 radical (unpaired) electrons. The molecule has 0 aliphatic heterocycles. The van der Waals surface area contributed by atoms with E-state index in [0.29, 0.717) is 0 Å². The van der Waals surface area contributed by atoms with Crippen molar-refractivity contribution in [3.05, 3.63) is 66.5 Å². The van der Waals surface area contributed by atoms with Crippen LogP contribution in [0.4, 0.5) is 6.01 Å². The Morgan fingerprint density at radius 3 is 2.74 bits per heavy atom. The zero-order chi connectivity index (χ0) is 13.1. The first kappa shape index (κ1) is 11.5. The largest absolute Gasteiger partial charge is 0.432 e. The number of anilines is 1. The highest BCUT2D eigenvalue weighted by Crippen LogP contribution is 2.30. The third-order valence-electron chi connectivity index (χ3n) is 3.02. The summed E-state index contributed by atoms with van der Waals surface area (Å²) in [5.41, 5.74) is 9.62. The number of rotatable bonds is 2. The van der Waals surface area contributed by atoms with Gasteiger partial charge in [-0.2, -0.15) is 4.98 Å².